The summed E-state index contributed by atoms with van der Waals surface area (Å²) in [6.45, 7) is 4.14. The highest BCUT2D eigenvalue weighted by molar-refractivity contribution is 7.89. The van der Waals surface area contributed by atoms with Gasteiger partial charge in [-0.25, -0.2) is 8.42 Å². The number of hydrogen-bond donors (Lipinski definition) is 1. The maximum atomic E-state index is 13.1. The Morgan fingerprint density at radius 3 is 2.74 bits per heavy atom. The molecule has 1 aliphatic rings. The van der Waals surface area contributed by atoms with Crippen molar-refractivity contribution in [3.63, 3.8) is 0 Å². The van der Waals surface area contributed by atoms with Crippen molar-refractivity contribution < 1.29 is 8.42 Å². The van der Waals surface area contributed by atoms with Crippen LogP contribution >= 0.6 is 0 Å². The summed E-state index contributed by atoms with van der Waals surface area (Å²) in [5.41, 5.74) is 0. The molecular formula is C18H24N2O2S. The fourth-order valence-corrected chi connectivity index (χ4v) is 4.90. The Hall–Kier alpha value is -1.43. The second-order valence-electron chi connectivity index (χ2n) is 6.12. The van der Waals surface area contributed by atoms with Gasteiger partial charge < -0.3 is 5.32 Å². The smallest absolute Gasteiger partial charge is 0.243 e. The molecule has 1 fully saturated rings. The first-order chi connectivity index (χ1) is 11.1. The van der Waals surface area contributed by atoms with Gasteiger partial charge >= 0.3 is 0 Å². The van der Waals surface area contributed by atoms with Crippen LogP contribution in [-0.4, -0.2) is 38.4 Å². The lowest BCUT2D eigenvalue weighted by Crippen LogP contribution is -2.53. The molecule has 0 aliphatic carbocycles. The normalized spacial score (nSPS) is 20.0. The van der Waals surface area contributed by atoms with E-state index in [1.165, 1.54) is 0 Å². The van der Waals surface area contributed by atoms with Crippen LogP contribution in [0.5, 0.6) is 0 Å². The van der Waals surface area contributed by atoms with E-state index in [-0.39, 0.29) is 6.04 Å². The maximum Gasteiger partial charge on any atom is 0.243 e. The number of benzene rings is 2. The van der Waals surface area contributed by atoms with E-state index in [0.29, 0.717) is 11.4 Å². The maximum absolute atomic E-state index is 13.1. The van der Waals surface area contributed by atoms with Crippen molar-refractivity contribution in [2.45, 2.75) is 37.1 Å². The van der Waals surface area contributed by atoms with Crippen molar-refractivity contribution in [1.29, 1.82) is 0 Å². The van der Waals surface area contributed by atoms with E-state index in [2.05, 4.69) is 12.2 Å². The number of sulfonamides is 1. The number of hydrogen-bond acceptors (Lipinski definition) is 3. The molecule has 4 nitrogen and oxygen atoms in total. The molecule has 0 radical (unpaired) electrons. The Morgan fingerprint density at radius 2 is 1.96 bits per heavy atom. The number of fused-ring (bicyclic) bond motifs is 1. The molecule has 124 valence electrons. The monoisotopic (exact) mass is 332 g/mol. The van der Waals surface area contributed by atoms with Gasteiger partial charge in [0, 0.05) is 25.7 Å². The Kier molecular flexibility index (Phi) is 4.99. The van der Waals surface area contributed by atoms with Crippen LogP contribution in [0.4, 0.5) is 0 Å². The topological polar surface area (TPSA) is 49.4 Å². The molecule has 0 spiro atoms. The molecule has 0 amide bonds. The van der Waals surface area contributed by atoms with Crippen LogP contribution in [0, 0.1) is 0 Å². The highest BCUT2D eigenvalue weighted by Gasteiger charge is 2.33. The first kappa shape index (κ1) is 16.4. The predicted molar refractivity (Wildman–Crippen MR) is 94.0 cm³/mol. The van der Waals surface area contributed by atoms with Gasteiger partial charge in [0.15, 0.2) is 0 Å². The van der Waals surface area contributed by atoms with E-state index >= 15 is 0 Å². The average molecular weight is 332 g/mol. The minimum absolute atomic E-state index is 0.0557. The van der Waals surface area contributed by atoms with Gasteiger partial charge in [0.05, 0.1) is 4.90 Å². The summed E-state index contributed by atoms with van der Waals surface area (Å²) in [4.78, 5) is 0.402. The van der Waals surface area contributed by atoms with Crippen LogP contribution in [0.1, 0.15) is 26.2 Å². The van der Waals surface area contributed by atoms with E-state index in [0.717, 1.165) is 43.1 Å². The minimum atomic E-state index is -3.44. The Labute approximate surface area is 138 Å². The number of nitrogens with one attached hydrogen (secondary N) is 1. The van der Waals surface area contributed by atoms with Crippen molar-refractivity contribution in [1.82, 2.24) is 9.62 Å². The van der Waals surface area contributed by atoms with Crippen molar-refractivity contribution in [3.05, 3.63) is 42.5 Å². The van der Waals surface area contributed by atoms with Gasteiger partial charge in [-0.15, -0.1) is 0 Å². The zero-order valence-corrected chi connectivity index (χ0v) is 14.3. The van der Waals surface area contributed by atoms with Crippen molar-refractivity contribution in [2.24, 2.45) is 0 Å². The molecule has 0 aromatic heterocycles. The number of piperazine rings is 1. The second-order valence-corrected chi connectivity index (χ2v) is 8.02. The molecule has 2 aromatic rings. The molecule has 1 heterocycles. The molecule has 0 saturated carbocycles. The molecule has 5 heteroatoms. The summed E-state index contributed by atoms with van der Waals surface area (Å²) >= 11 is 0. The van der Waals surface area contributed by atoms with Gasteiger partial charge in [0.1, 0.15) is 0 Å². The highest BCUT2D eigenvalue weighted by atomic mass is 32.2. The van der Waals surface area contributed by atoms with Crippen LogP contribution in [-0.2, 0) is 10.0 Å². The summed E-state index contributed by atoms with van der Waals surface area (Å²) in [6, 6.07) is 13.3. The third-order valence-corrected chi connectivity index (χ3v) is 6.46. The molecule has 1 unspecified atom stereocenters. The van der Waals surface area contributed by atoms with Crippen molar-refractivity contribution >= 4 is 20.8 Å². The molecule has 1 aliphatic heterocycles. The lowest BCUT2D eigenvalue weighted by atomic mass is 10.1. The SMILES string of the molecule is CCCCC1CNCCN1S(=O)(=O)c1ccc2ccccc2c1. The van der Waals surface area contributed by atoms with E-state index in [1.54, 1.807) is 16.4 Å². The predicted octanol–water partition coefficient (Wildman–Crippen LogP) is 2.99. The third kappa shape index (κ3) is 3.42. The molecule has 23 heavy (non-hydrogen) atoms. The molecule has 0 bridgehead atoms. The molecule has 1 atom stereocenters. The third-order valence-electron chi connectivity index (χ3n) is 4.51. The molecule has 3 rings (SSSR count). The van der Waals surface area contributed by atoms with E-state index < -0.39 is 10.0 Å². The number of unbranched alkanes of at least 4 members (excludes halogenated alkanes) is 1. The molecular weight excluding hydrogens is 308 g/mol. The van der Waals surface area contributed by atoms with Crippen LogP contribution in [0.25, 0.3) is 10.8 Å². The van der Waals surface area contributed by atoms with Gasteiger partial charge in [0.25, 0.3) is 0 Å². The number of nitrogens with zero attached hydrogens (tertiary/aromatic N) is 1. The minimum Gasteiger partial charge on any atom is -0.314 e. The zero-order chi connectivity index (χ0) is 16.3. The fourth-order valence-electron chi connectivity index (χ4n) is 3.21. The van der Waals surface area contributed by atoms with Crippen molar-refractivity contribution in [2.75, 3.05) is 19.6 Å². The number of rotatable bonds is 5. The lowest BCUT2D eigenvalue weighted by molar-refractivity contribution is 0.252. The molecule has 1 saturated heterocycles. The summed E-state index contributed by atoms with van der Waals surface area (Å²) in [5, 5.41) is 5.35. The summed E-state index contributed by atoms with van der Waals surface area (Å²) in [6.07, 6.45) is 3.05. The van der Waals surface area contributed by atoms with Crippen LogP contribution in [0.2, 0.25) is 0 Å². The van der Waals surface area contributed by atoms with Gasteiger partial charge in [-0.3, -0.25) is 0 Å². The van der Waals surface area contributed by atoms with Gasteiger partial charge in [-0.1, -0.05) is 50.1 Å². The van der Waals surface area contributed by atoms with E-state index in [4.69, 9.17) is 0 Å². The fraction of sp³-hybridized carbons (Fsp3) is 0.444. The first-order valence-corrected chi connectivity index (χ1v) is 9.78. The van der Waals surface area contributed by atoms with Gasteiger partial charge in [0.2, 0.25) is 10.0 Å². The van der Waals surface area contributed by atoms with Gasteiger partial charge in [-0.05, 0) is 29.3 Å². The summed E-state index contributed by atoms with van der Waals surface area (Å²) in [7, 11) is -3.44. The summed E-state index contributed by atoms with van der Waals surface area (Å²) < 4.78 is 27.9. The lowest BCUT2D eigenvalue weighted by Gasteiger charge is -2.35. The standard InChI is InChI=1S/C18H24N2O2S/c1-2-3-8-17-14-19-11-12-20(17)23(21,22)18-10-9-15-6-4-5-7-16(15)13-18/h4-7,9-10,13,17,19H,2-3,8,11-12,14H2,1H3. The average Bonchev–Trinajstić information content (AvgIpc) is 2.59. The van der Waals surface area contributed by atoms with Crippen LogP contribution in [0.15, 0.2) is 47.4 Å². The molecule has 1 N–H and O–H groups in total. The Bertz CT molecular complexity index is 773. The van der Waals surface area contributed by atoms with E-state index in [9.17, 15) is 8.42 Å². The van der Waals surface area contributed by atoms with E-state index in [1.807, 2.05) is 30.3 Å². The quantitative estimate of drug-likeness (QED) is 0.916. The Balaban J connectivity index is 1.94. The van der Waals surface area contributed by atoms with Gasteiger partial charge in [-0.2, -0.15) is 4.31 Å². The largest absolute Gasteiger partial charge is 0.314 e. The first-order valence-electron chi connectivity index (χ1n) is 8.34. The molecule has 2 aromatic carbocycles. The Morgan fingerprint density at radius 1 is 1.17 bits per heavy atom. The zero-order valence-electron chi connectivity index (χ0n) is 13.5. The second kappa shape index (κ2) is 6.99. The van der Waals surface area contributed by atoms with Crippen LogP contribution in [0.3, 0.4) is 0 Å². The summed E-state index contributed by atoms with van der Waals surface area (Å²) in [5.74, 6) is 0. The van der Waals surface area contributed by atoms with Crippen LogP contribution < -0.4 is 5.32 Å². The van der Waals surface area contributed by atoms with Crippen molar-refractivity contribution in [3.8, 4) is 0 Å². The highest BCUT2D eigenvalue weighted by Crippen LogP contribution is 2.25.